The number of hydrogen-bond acceptors (Lipinski definition) is 6. The second-order valence-electron chi connectivity index (χ2n) is 5.32. The van der Waals surface area contributed by atoms with E-state index >= 15 is 0 Å². The third kappa shape index (κ3) is 4.20. The number of nitriles is 1. The summed E-state index contributed by atoms with van der Waals surface area (Å²) in [6.45, 7) is 2.18. The number of benzene rings is 1. The molecule has 25 heavy (non-hydrogen) atoms. The van der Waals surface area contributed by atoms with Gasteiger partial charge in [0.2, 0.25) is 0 Å². The van der Waals surface area contributed by atoms with Crippen LogP contribution in [0.25, 0.3) is 0 Å². The molecule has 0 fully saturated rings. The van der Waals surface area contributed by atoms with Crippen LogP contribution in [0.3, 0.4) is 0 Å². The molecule has 0 aliphatic heterocycles. The normalized spacial score (nSPS) is 10.1. The van der Waals surface area contributed by atoms with Crippen LogP contribution in [0.15, 0.2) is 52.9 Å². The van der Waals surface area contributed by atoms with Crippen molar-refractivity contribution in [2.45, 2.75) is 13.5 Å². The van der Waals surface area contributed by atoms with Gasteiger partial charge in [-0.25, -0.2) is 0 Å². The molecular weight excluding hydrogens is 318 g/mol. The van der Waals surface area contributed by atoms with E-state index < -0.39 is 0 Å². The zero-order valence-electron chi connectivity index (χ0n) is 13.5. The number of amides is 1. The summed E-state index contributed by atoms with van der Waals surface area (Å²) in [7, 11) is 0. The largest absolute Gasteiger partial charge is 0.465 e. The Morgan fingerprint density at radius 1 is 1.20 bits per heavy atom. The first-order chi connectivity index (χ1) is 12.1. The van der Waals surface area contributed by atoms with Crippen LogP contribution in [0.1, 0.15) is 27.6 Å². The van der Waals surface area contributed by atoms with Crippen LogP contribution in [-0.4, -0.2) is 16.1 Å². The lowest BCUT2D eigenvalue weighted by molar-refractivity contribution is 0.0948. The summed E-state index contributed by atoms with van der Waals surface area (Å²) in [5, 5.41) is 22.2. The number of nitrogens with one attached hydrogen (secondary N) is 2. The summed E-state index contributed by atoms with van der Waals surface area (Å²) in [6.07, 6.45) is 0. The number of carbonyl (C=O) groups excluding carboxylic acids is 1. The first-order valence-corrected chi connectivity index (χ1v) is 7.58. The summed E-state index contributed by atoms with van der Waals surface area (Å²) >= 11 is 0. The Morgan fingerprint density at radius 2 is 2.08 bits per heavy atom. The highest BCUT2D eigenvalue weighted by Crippen LogP contribution is 2.16. The first-order valence-electron chi connectivity index (χ1n) is 7.58. The minimum atomic E-state index is -0.205. The molecule has 3 aromatic rings. The van der Waals surface area contributed by atoms with E-state index in [2.05, 4.69) is 20.8 Å². The van der Waals surface area contributed by atoms with E-state index in [1.165, 1.54) is 0 Å². The van der Waals surface area contributed by atoms with Crippen molar-refractivity contribution >= 4 is 17.4 Å². The van der Waals surface area contributed by atoms with Gasteiger partial charge in [0.1, 0.15) is 17.6 Å². The van der Waals surface area contributed by atoms with E-state index in [-0.39, 0.29) is 11.6 Å². The van der Waals surface area contributed by atoms with E-state index in [0.717, 1.165) is 5.76 Å². The van der Waals surface area contributed by atoms with Crippen LogP contribution < -0.4 is 10.6 Å². The number of anilines is 2. The van der Waals surface area contributed by atoms with Gasteiger partial charge in [0.05, 0.1) is 6.54 Å². The number of aromatic nitrogens is 2. The topological polar surface area (TPSA) is 104 Å². The Balaban J connectivity index is 1.65. The van der Waals surface area contributed by atoms with Crippen LogP contribution >= 0.6 is 0 Å². The molecule has 2 aromatic heterocycles. The zero-order chi connectivity index (χ0) is 17.6. The Morgan fingerprint density at radius 3 is 2.76 bits per heavy atom. The molecule has 0 aliphatic carbocycles. The molecule has 1 aromatic carbocycles. The molecule has 7 nitrogen and oxygen atoms in total. The minimum absolute atomic E-state index is 0.205. The molecule has 0 spiro atoms. The Hall–Kier alpha value is -3.66. The van der Waals surface area contributed by atoms with Crippen molar-refractivity contribution in [1.29, 1.82) is 5.26 Å². The van der Waals surface area contributed by atoms with Crippen molar-refractivity contribution in [2.24, 2.45) is 0 Å². The maximum atomic E-state index is 12.3. The van der Waals surface area contributed by atoms with Gasteiger partial charge in [0.25, 0.3) is 5.91 Å². The molecule has 0 aliphatic rings. The average Bonchev–Trinajstić information content (AvgIpc) is 3.06. The van der Waals surface area contributed by atoms with E-state index in [1.807, 2.05) is 31.2 Å². The SMILES string of the molecule is Cc1ccc(CNC(=O)c2cccc(Nc3ccc(C#N)nn3)c2)o1. The van der Waals surface area contributed by atoms with E-state index in [0.29, 0.717) is 29.4 Å². The van der Waals surface area contributed by atoms with E-state index in [1.54, 1.807) is 30.3 Å². The molecule has 2 N–H and O–H groups in total. The molecule has 0 saturated carbocycles. The summed E-state index contributed by atoms with van der Waals surface area (Å²) < 4.78 is 5.43. The molecule has 0 bridgehead atoms. The minimum Gasteiger partial charge on any atom is -0.465 e. The highest BCUT2D eigenvalue weighted by molar-refractivity contribution is 5.95. The van der Waals surface area contributed by atoms with Crippen LogP contribution in [0.5, 0.6) is 0 Å². The summed E-state index contributed by atoms with van der Waals surface area (Å²) in [5.74, 6) is 1.79. The number of furan rings is 1. The number of aryl methyl sites for hydroxylation is 1. The first kappa shape index (κ1) is 16.2. The average molecular weight is 333 g/mol. The fourth-order valence-electron chi connectivity index (χ4n) is 2.19. The number of carbonyl (C=O) groups is 1. The lowest BCUT2D eigenvalue weighted by Crippen LogP contribution is -2.22. The highest BCUT2D eigenvalue weighted by Gasteiger charge is 2.08. The Kier molecular flexibility index (Phi) is 4.72. The highest BCUT2D eigenvalue weighted by atomic mass is 16.3. The lowest BCUT2D eigenvalue weighted by atomic mass is 10.2. The second kappa shape index (κ2) is 7.27. The van der Waals surface area contributed by atoms with Gasteiger partial charge in [-0.15, -0.1) is 10.2 Å². The van der Waals surface area contributed by atoms with Crippen LogP contribution in [-0.2, 0) is 6.54 Å². The van der Waals surface area contributed by atoms with Gasteiger partial charge < -0.3 is 15.1 Å². The molecule has 3 rings (SSSR count). The molecule has 7 heteroatoms. The summed E-state index contributed by atoms with van der Waals surface area (Å²) in [6, 6.07) is 15.8. The van der Waals surface area contributed by atoms with Crippen LogP contribution in [0.4, 0.5) is 11.5 Å². The number of hydrogen-bond donors (Lipinski definition) is 2. The molecule has 0 saturated heterocycles. The van der Waals surface area contributed by atoms with Gasteiger partial charge in [0.15, 0.2) is 11.5 Å². The molecule has 0 radical (unpaired) electrons. The van der Waals surface area contributed by atoms with Crippen LogP contribution in [0.2, 0.25) is 0 Å². The predicted octanol–water partition coefficient (Wildman–Crippen LogP) is 2.92. The monoisotopic (exact) mass is 333 g/mol. The molecule has 124 valence electrons. The molecule has 0 unspecified atom stereocenters. The van der Waals surface area contributed by atoms with Gasteiger partial charge in [-0.05, 0) is 49.4 Å². The fraction of sp³-hybridized carbons (Fsp3) is 0.111. The zero-order valence-corrected chi connectivity index (χ0v) is 13.5. The number of rotatable bonds is 5. The summed E-state index contributed by atoms with van der Waals surface area (Å²) in [5.41, 5.74) is 1.45. The predicted molar refractivity (Wildman–Crippen MR) is 91.1 cm³/mol. The van der Waals surface area contributed by atoms with Gasteiger partial charge in [-0.1, -0.05) is 6.07 Å². The van der Waals surface area contributed by atoms with Crippen molar-refractivity contribution < 1.29 is 9.21 Å². The van der Waals surface area contributed by atoms with E-state index in [9.17, 15) is 4.79 Å². The van der Waals surface area contributed by atoms with Crippen molar-refractivity contribution in [2.75, 3.05) is 5.32 Å². The third-order valence-corrected chi connectivity index (χ3v) is 3.40. The third-order valence-electron chi connectivity index (χ3n) is 3.40. The molecule has 2 heterocycles. The van der Waals surface area contributed by atoms with Gasteiger partial charge in [0, 0.05) is 11.3 Å². The van der Waals surface area contributed by atoms with E-state index in [4.69, 9.17) is 9.68 Å². The van der Waals surface area contributed by atoms with Gasteiger partial charge >= 0.3 is 0 Å². The second-order valence-corrected chi connectivity index (χ2v) is 5.32. The van der Waals surface area contributed by atoms with Crippen LogP contribution in [0, 0.1) is 18.3 Å². The maximum absolute atomic E-state index is 12.3. The quantitative estimate of drug-likeness (QED) is 0.744. The fourth-order valence-corrected chi connectivity index (χ4v) is 2.19. The lowest BCUT2D eigenvalue weighted by Gasteiger charge is -2.08. The van der Waals surface area contributed by atoms with Crippen molar-refractivity contribution in [1.82, 2.24) is 15.5 Å². The molecular formula is C18H15N5O2. The standard InChI is InChI=1S/C18H15N5O2/c1-12-5-7-16(25-12)11-20-18(24)13-3-2-4-14(9-13)21-17-8-6-15(10-19)22-23-17/h2-9H,11H2,1H3,(H,20,24)(H,21,23). The van der Waals surface area contributed by atoms with Gasteiger partial charge in [-0.2, -0.15) is 5.26 Å². The number of nitrogens with zero attached hydrogens (tertiary/aromatic N) is 3. The van der Waals surface area contributed by atoms with Crippen molar-refractivity contribution in [3.8, 4) is 6.07 Å². The molecule has 1 amide bonds. The van der Waals surface area contributed by atoms with Crippen molar-refractivity contribution in [3.63, 3.8) is 0 Å². The Labute approximate surface area is 144 Å². The smallest absolute Gasteiger partial charge is 0.251 e. The Bertz CT molecular complexity index is 925. The van der Waals surface area contributed by atoms with Gasteiger partial charge in [-0.3, -0.25) is 4.79 Å². The molecule has 0 atom stereocenters. The van der Waals surface area contributed by atoms with Crippen molar-refractivity contribution in [3.05, 3.63) is 71.3 Å². The maximum Gasteiger partial charge on any atom is 0.251 e. The summed E-state index contributed by atoms with van der Waals surface area (Å²) in [4.78, 5) is 12.3.